The summed E-state index contributed by atoms with van der Waals surface area (Å²) in [5, 5.41) is 0. The van der Waals surface area contributed by atoms with Gasteiger partial charge in [0.2, 0.25) is 0 Å². The van der Waals surface area contributed by atoms with Crippen LogP contribution >= 0.6 is 0 Å². The molecule has 0 spiro atoms. The molecule has 3 saturated carbocycles. The van der Waals surface area contributed by atoms with Gasteiger partial charge in [-0.1, -0.05) is 59.3 Å². The maximum atomic E-state index is 12.8. The van der Waals surface area contributed by atoms with Crippen LogP contribution in [-0.2, 0) is 9.53 Å². The molecule has 0 heterocycles. The Morgan fingerprint density at radius 1 is 0.828 bits per heavy atom. The maximum Gasteiger partial charge on any atom is 0.309 e. The topological polar surface area (TPSA) is 26.3 Å². The molecule has 3 atom stereocenters. The van der Waals surface area contributed by atoms with Gasteiger partial charge in [0.15, 0.2) is 0 Å². The molecule has 2 heteroatoms. The second-order valence-corrected chi connectivity index (χ2v) is 10.9. The van der Waals surface area contributed by atoms with Gasteiger partial charge in [-0.3, -0.25) is 4.79 Å². The average Bonchev–Trinajstić information content (AvgIpc) is 2.75. The van der Waals surface area contributed by atoms with E-state index in [4.69, 9.17) is 4.74 Å². The van der Waals surface area contributed by atoms with Gasteiger partial charge in [0.05, 0.1) is 5.92 Å². The molecule has 168 valence electrons. The number of ether oxygens (including phenoxy) is 1. The lowest BCUT2D eigenvalue weighted by Crippen LogP contribution is -2.34. The van der Waals surface area contributed by atoms with Crippen LogP contribution in [0.2, 0.25) is 0 Å². The number of hydrogen-bond acceptors (Lipinski definition) is 2. The van der Waals surface area contributed by atoms with Crippen LogP contribution < -0.4 is 0 Å². The summed E-state index contributed by atoms with van der Waals surface area (Å²) in [4.78, 5) is 12.8. The number of unbranched alkanes of at least 4 members (excludes halogenated alkanes) is 2. The summed E-state index contributed by atoms with van der Waals surface area (Å²) in [6, 6.07) is 0. The predicted octanol–water partition coefficient (Wildman–Crippen LogP) is 7.94. The zero-order valence-corrected chi connectivity index (χ0v) is 19.7. The first kappa shape index (κ1) is 23.1. The zero-order chi connectivity index (χ0) is 20.6. The van der Waals surface area contributed by atoms with Crippen molar-refractivity contribution in [3.8, 4) is 0 Å². The highest BCUT2D eigenvalue weighted by Crippen LogP contribution is 2.45. The number of carbonyl (C=O) groups is 1. The molecule has 0 aliphatic heterocycles. The van der Waals surface area contributed by atoms with Gasteiger partial charge in [0.1, 0.15) is 6.10 Å². The molecule has 0 bridgehead atoms. The number of hydrogen-bond donors (Lipinski definition) is 0. The van der Waals surface area contributed by atoms with Crippen LogP contribution in [0.3, 0.4) is 0 Å². The summed E-state index contributed by atoms with van der Waals surface area (Å²) in [6.07, 6.45) is 20.8. The minimum atomic E-state index is 0.139. The second-order valence-electron chi connectivity index (χ2n) is 10.9. The Bertz CT molecular complexity index is 471. The van der Waals surface area contributed by atoms with E-state index < -0.39 is 0 Å². The van der Waals surface area contributed by atoms with Crippen LogP contribution in [0.15, 0.2) is 0 Å². The molecule has 2 nitrogen and oxygen atoms in total. The van der Waals surface area contributed by atoms with Crippen molar-refractivity contribution in [3.63, 3.8) is 0 Å². The molecule has 3 fully saturated rings. The van der Waals surface area contributed by atoms with E-state index in [1.54, 1.807) is 0 Å². The number of rotatable bonds is 8. The molecule has 3 unspecified atom stereocenters. The molecule has 0 N–H and O–H groups in total. The van der Waals surface area contributed by atoms with Crippen LogP contribution in [0.5, 0.6) is 0 Å². The zero-order valence-electron chi connectivity index (χ0n) is 19.7. The van der Waals surface area contributed by atoms with Gasteiger partial charge >= 0.3 is 5.97 Å². The minimum absolute atomic E-state index is 0.139. The van der Waals surface area contributed by atoms with Gasteiger partial charge in [0.25, 0.3) is 0 Å². The first-order valence-electron chi connectivity index (χ1n) is 13.3. The number of carbonyl (C=O) groups excluding carboxylic acids is 1. The fourth-order valence-electron chi connectivity index (χ4n) is 6.87. The van der Waals surface area contributed by atoms with Gasteiger partial charge in [-0.05, 0) is 93.8 Å². The Labute approximate surface area is 180 Å². The SMILES string of the molecule is CCCCCC1CCC(OC(=O)C2CCC(C3CCC(CC)CC3C)CC2)CC1. The lowest BCUT2D eigenvalue weighted by Gasteiger charge is -2.41. The van der Waals surface area contributed by atoms with E-state index in [-0.39, 0.29) is 18.0 Å². The second kappa shape index (κ2) is 11.8. The summed E-state index contributed by atoms with van der Waals surface area (Å²) >= 11 is 0. The summed E-state index contributed by atoms with van der Waals surface area (Å²) in [7, 11) is 0. The standard InChI is InChI=1S/C27H48O2/c1-4-6-7-8-22-9-16-25(17-10-22)29-27(28)24-14-12-23(13-15-24)26-18-11-21(5-2)19-20(26)3/h20-26H,4-19H2,1-3H3. The average molecular weight is 405 g/mol. The predicted molar refractivity (Wildman–Crippen MR) is 122 cm³/mol. The van der Waals surface area contributed by atoms with Gasteiger partial charge in [-0.2, -0.15) is 0 Å². The molecule has 3 aliphatic carbocycles. The largest absolute Gasteiger partial charge is 0.462 e. The molecule has 0 aromatic rings. The monoisotopic (exact) mass is 404 g/mol. The van der Waals surface area contributed by atoms with E-state index in [0.29, 0.717) is 0 Å². The molecule has 3 rings (SSSR count). The van der Waals surface area contributed by atoms with Crippen molar-refractivity contribution in [2.45, 2.75) is 130 Å². The van der Waals surface area contributed by atoms with Crippen LogP contribution in [0.4, 0.5) is 0 Å². The van der Waals surface area contributed by atoms with Crippen molar-refractivity contribution in [2.75, 3.05) is 0 Å². The van der Waals surface area contributed by atoms with Crippen molar-refractivity contribution >= 4 is 5.97 Å². The smallest absolute Gasteiger partial charge is 0.309 e. The quantitative estimate of drug-likeness (QED) is 0.303. The van der Waals surface area contributed by atoms with Gasteiger partial charge in [-0.15, -0.1) is 0 Å². The Balaban J connectivity index is 1.34. The third-order valence-corrected chi connectivity index (χ3v) is 8.92. The Kier molecular flexibility index (Phi) is 9.38. The molecule has 0 amide bonds. The first-order chi connectivity index (χ1) is 14.1. The van der Waals surface area contributed by atoms with Crippen LogP contribution in [0.1, 0.15) is 124 Å². The lowest BCUT2D eigenvalue weighted by molar-refractivity contribution is -0.157. The molecule has 0 aromatic carbocycles. The summed E-state index contributed by atoms with van der Waals surface area (Å²) in [6.45, 7) is 7.13. The molecule has 0 aromatic heterocycles. The fourth-order valence-corrected chi connectivity index (χ4v) is 6.87. The van der Waals surface area contributed by atoms with E-state index >= 15 is 0 Å². The van der Waals surface area contributed by atoms with Crippen molar-refractivity contribution in [1.29, 1.82) is 0 Å². The highest BCUT2D eigenvalue weighted by molar-refractivity contribution is 5.72. The lowest BCUT2D eigenvalue weighted by atomic mass is 9.64. The Hall–Kier alpha value is -0.530. The first-order valence-corrected chi connectivity index (χ1v) is 13.3. The van der Waals surface area contributed by atoms with Crippen LogP contribution in [0, 0.1) is 35.5 Å². The summed E-state index contributed by atoms with van der Waals surface area (Å²) in [5.74, 6) is 4.85. The summed E-state index contributed by atoms with van der Waals surface area (Å²) < 4.78 is 6.00. The molecule has 0 radical (unpaired) electrons. The van der Waals surface area contributed by atoms with Crippen molar-refractivity contribution in [2.24, 2.45) is 35.5 Å². The van der Waals surface area contributed by atoms with Gasteiger partial charge < -0.3 is 4.74 Å². The highest BCUT2D eigenvalue weighted by Gasteiger charge is 2.37. The maximum absolute atomic E-state index is 12.8. The summed E-state index contributed by atoms with van der Waals surface area (Å²) in [5.41, 5.74) is 0. The third-order valence-electron chi connectivity index (χ3n) is 8.92. The van der Waals surface area contributed by atoms with E-state index in [2.05, 4.69) is 20.8 Å². The fraction of sp³-hybridized carbons (Fsp3) is 0.963. The number of esters is 1. The van der Waals surface area contributed by atoms with Gasteiger partial charge in [-0.25, -0.2) is 0 Å². The van der Waals surface area contributed by atoms with Crippen molar-refractivity contribution in [1.82, 2.24) is 0 Å². The van der Waals surface area contributed by atoms with Crippen molar-refractivity contribution < 1.29 is 9.53 Å². The van der Waals surface area contributed by atoms with E-state index in [1.165, 1.54) is 77.0 Å². The molecule has 0 saturated heterocycles. The normalized spacial score (nSPS) is 38.5. The van der Waals surface area contributed by atoms with E-state index in [0.717, 1.165) is 55.3 Å². The molecule has 29 heavy (non-hydrogen) atoms. The molecular formula is C27H48O2. The van der Waals surface area contributed by atoms with Crippen LogP contribution in [-0.4, -0.2) is 12.1 Å². The van der Waals surface area contributed by atoms with Crippen LogP contribution in [0.25, 0.3) is 0 Å². The Morgan fingerprint density at radius 2 is 1.52 bits per heavy atom. The van der Waals surface area contributed by atoms with E-state index in [1.807, 2.05) is 0 Å². The van der Waals surface area contributed by atoms with E-state index in [9.17, 15) is 4.79 Å². The molecule has 3 aliphatic rings. The highest BCUT2D eigenvalue weighted by atomic mass is 16.5. The minimum Gasteiger partial charge on any atom is -0.462 e. The molecular weight excluding hydrogens is 356 g/mol. The van der Waals surface area contributed by atoms with Gasteiger partial charge in [0, 0.05) is 0 Å². The van der Waals surface area contributed by atoms with Crippen molar-refractivity contribution in [3.05, 3.63) is 0 Å². The Morgan fingerprint density at radius 3 is 2.14 bits per heavy atom. The third kappa shape index (κ3) is 6.73.